The molecule has 0 aliphatic carbocycles. The molecule has 0 bridgehead atoms. The molecule has 0 aliphatic rings. The van der Waals surface area contributed by atoms with E-state index in [9.17, 15) is 4.39 Å². The first-order valence-corrected chi connectivity index (χ1v) is 7.80. The van der Waals surface area contributed by atoms with E-state index in [0.29, 0.717) is 16.8 Å². The zero-order valence-corrected chi connectivity index (χ0v) is 13.5. The first kappa shape index (κ1) is 16.7. The highest BCUT2D eigenvalue weighted by Gasteiger charge is 2.07. The van der Waals surface area contributed by atoms with Gasteiger partial charge in [0.2, 0.25) is 0 Å². The summed E-state index contributed by atoms with van der Waals surface area (Å²) in [7, 11) is 0. The van der Waals surface area contributed by atoms with Gasteiger partial charge < -0.3 is 10.1 Å². The second kappa shape index (κ2) is 9.56. The zero-order valence-electron chi connectivity index (χ0n) is 11.1. The Kier molecular flexibility index (Phi) is 8.42. The molecule has 0 spiro atoms. The number of unbranched alkanes of at least 4 members (excludes halogenated alkanes) is 2. The molecule has 0 radical (unpaired) electrons. The molecule has 0 unspecified atom stereocenters. The fourth-order valence-electron chi connectivity index (χ4n) is 1.63. The van der Waals surface area contributed by atoms with E-state index >= 15 is 0 Å². The van der Waals surface area contributed by atoms with Crippen molar-refractivity contribution in [3.63, 3.8) is 0 Å². The Morgan fingerprint density at radius 1 is 1.26 bits per heavy atom. The van der Waals surface area contributed by atoms with Gasteiger partial charge in [-0.25, -0.2) is 4.39 Å². The minimum Gasteiger partial charge on any atom is -0.492 e. The van der Waals surface area contributed by atoms with E-state index in [1.165, 1.54) is 18.6 Å². The quantitative estimate of drug-likeness (QED) is 0.509. The fraction of sp³-hybridized carbons (Fsp3) is 0.571. The van der Waals surface area contributed by atoms with Crippen LogP contribution in [0.25, 0.3) is 0 Å². The van der Waals surface area contributed by atoms with Gasteiger partial charge in [-0.15, -0.1) is 0 Å². The molecule has 1 aromatic rings. The van der Waals surface area contributed by atoms with Crippen LogP contribution in [0.1, 0.15) is 32.6 Å². The van der Waals surface area contributed by atoms with E-state index in [1.807, 2.05) is 0 Å². The van der Waals surface area contributed by atoms with Crippen LogP contribution in [0.2, 0.25) is 5.02 Å². The summed E-state index contributed by atoms with van der Waals surface area (Å²) in [5.74, 6) is 0.0506. The van der Waals surface area contributed by atoms with Crippen molar-refractivity contribution >= 4 is 27.5 Å². The first-order valence-electron chi connectivity index (χ1n) is 6.63. The number of halogens is 3. The van der Waals surface area contributed by atoms with Crippen LogP contribution in [0.3, 0.4) is 0 Å². The van der Waals surface area contributed by atoms with Gasteiger partial charge >= 0.3 is 0 Å². The number of rotatable bonds is 9. The van der Waals surface area contributed by atoms with Gasteiger partial charge in [-0.05, 0) is 60.8 Å². The van der Waals surface area contributed by atoms with Crippen molar-refractivity contribution in [2.45, 2.75) is 32.6 Å². The molecule has 2 nitrogen and oxygen atoms in total. The third-order valence-electron chi connectivity index (χ3n) is 2.66. The lowest BCUT2D eigenvalue weighted by atomic mass is 10.2. The number of nitrogens with one attached hydrogen (secondary N) is 1. The van der Waals surface area contributed by atoms with Crippen LogP contribution in [0.4, 0.5) is 4.39 Å². The molecule has 0 saturated heterocycles. The summed E-state index contributed by atoms with van der Waals surface area (Å²) in [6.07, 6.45) is 4.37. The summed E-state index contributed by atoms with van der Waals surface area (Å²) in [5.41, 5.74) is 0. The molecule has 0 aliphatic heterocycles. The van der Waals surface area contributed by atoms with Crippen molar-refractivity contribution in [2.24, 2.45) is 0 Å². The van der Waals surface area contributed by atoms with Crippen molar-refractivity contribution in [1.82, 2.24) is 5.32 Å². The van der Waals surface area contributed by atoms with Gasteiger partial charge in [0.05, 0.1) is 16.1 Å². The van der Waals surface area contributed by atoms with Crippen LogP contribution in [-0.2, 0) is 0 Å². The molecule has 0 heterocycles. The highest BCUT2D eigenvalue weighted by Crippen LogP contribution is 2.30. The zero-order chi connectivity index (χ0) is 14.1. The maximum atomic E-state index is 13.3. The van der Waals surface area contributed by atoms with Gasteiger partial charge in [-0.3, -0.25) is 0 Å². The van der Waals surface area contributed by atoms with Gasteiger partial charge in [0, 0.05) is 6.07 Å². The van der Waals surface area contributed by atoms with Crippen molar-refractivity contribution in [3.8, 4) is 5.75 Å². The standard InChI is InChI=1S/C14H20BrClFNO/c1-2-6-18-7-4-3-5-8-19-14-10-13(17)12(16)9-11(14)15/h9-10,18H,2-8H2,1H3. The van der Waals surface area contributed by atoms with E-state index in [2.05, 4.69) is 28.2 Å². The largest absolute Gasteiger partial charge is 0.492 e. The van der Waals surface area contributed by atoms with Crippen molar-refractivity contribution < 1.29 is 9.13 Å². The summed E-state index contributed by atoms with van der Waals surface area (Å²) in [6, 6.07) is 2.83. The number of ether oxygens (including phenoxy) is 1. The smallest absolute Gasteiger partial charge is 0.145 e. The molecule has 5 heteroatoms. The van der Waals surface area contributed by atoms with Gasteiger partial charge in [-0.2, -0.15) is 0 Å². The average molecular weight is 353 g/mol. The highest BCUT2D eigenvalue weighted by atomic mass is 79.9. The molecule has 1 aromatic carbocycles. The summed E-state index contributed by atoms with van der Waals surface area (Å²) >= 11 is 8.97. The molecule has 0 fully saturated rings. The van der Waals surface area contributed by atoms with Gasteiger partial charge in [0.1, 0.15) is 11.6 Å². The molecule has 108 valence electrons. The van der Waals surface area contributed by atoms with E-state index in [0.717, 1.165) is 32.4 Å². The Bertz CT molecular complexity index is 390. The number of hydrogen-bond donors (Lipinski definition) is 1. The molecule has 0 aromatic heterocycles. The lowest BCUT2D eigenvalue weighted by Gasteiger charge is -2.09. The van der Waals surface area contributed by atoms with Crippen molar-refractivity contribution in [1.29, 1.82) is 0 Å². The Morgan fingerprint density at radius 3 is 2.79 bits per heavy atom. The van der Waals surface area contributed by atoms with Crippen molar-refractivity contribution in [3.05, 3.63) is 27.4 Å². The summed E-state index contributed by atoms with van der Waals surface area (Å²) in [4.78, 5) is 0. The Balaban J connectivity index is 2.17. The number of hydrogen-bond acceptors (Lipinski definition) is 2. The average Bonchev–Trinajstić information content (AvgIpc) is 2.38. The lowest BCUT2D eigenvalue weighted by molar-refractivity contribution is 0.301. The summed E-state index contributed by atoms with van der Waals surface area (Å²) in [6.45, 7) is 4.87. The lowest BCUT2D eigenvalue weighted by Crippen LogP contribution is -2.15. The molecule has 19 heavy (non-hydrogen) atoms. The van der Waals surface area contributed by atoms with Crippen molar-refractivity contribution in [2.75, 3.05) is 19.7 Å². The fourth-order valence-corrected chi connectivity index (χ4v) is 2.38. The van der Waals surface area contributed by atoms with E-state index in [1.54, 1.807) is 0 Å². The van der Waals surface area contributed by atoms with E-state index in [4.69, 9.17) is 16.3 Å². The highest BCUT2D eigenvalue weighted by molar-refractivity contribution is 9.10. The Hall–Kier alpha value is -0.320. The minimum atomic E-state index is -0.455. The molecule has 1 N–H and O–H groups in total. The maximum absolute atomic E-state index is 13.3. The predicted molar refractivity (Wildman–Crippen MR) is 81.6 cm³/mol. The second-order valence-corrected chi connectivity index (χ2v) is 5.62. The van der Waals surface area contributed by atoms with E-state index < -0.39 is 5.82 Å². The normalized spacial score (nSPS) is 10.7. The molecule has 0 amide bonds. The maximum Gasteiger partial charge on any atom is 0.145 e. The van der Waals surface area contributed by atoms with Crippen LogP contribution in [0.15, 0.2) is 16.6 Å². The monoisotopic (exact) mass is 351 g/mol. The Morgan fingerprint density at radius 2 is 2.05 bits per heavy atom. The number of benzene rings is 1. The molecular weight excluding hydrogens is 333 g/mol. The van der Waals surface area contributed by atoms with Crippen LogP contribution < -0.4 is 10.1 Å². The van der Waals surface area contributed by atoms with E-state index in [-0.39, 0.29) is 5.02 Å². The van der Waals surface area contributed by atoms with Gasteiger partial charge in [-0.1, -0.05) is 18.5 Å². The minimum absolute atomic E-state index is 0.0984. The van der Waals surface area contributed by atoms with Crippen LogP contribution >= 0.6 is 27.5 Å². The SMILES string of the molecule is CCCNCCCCCOc1cc(F)c(Cl)cc1Br. The molecular formula is C14H20BrClFNO. The summed E-state index contributed by atoms with van der Waals surface area (Å²) < 4.78 is 19.5. The molecule has 1 rings (SSSR count). The molecule has 0 saturated carbocycles. The van der Waals surface area contributed by atoms with Gasteiger partial charge in [0.15, 0.2) is 0 Å². The third-order valence-corrected chi connectivity index (χ3v) is 3.57. The summed E-state index contributed by atoms with van der Waals surface area (Å²) in [5, 5.41) is 3.45. The van der Waals surface area contributed by atoms with Crippen LogP contribution in [-0.4, -0.2) is 19.7 Å². The van der Waals surface area contributed by atoms with Crippen LogP contribution in [0, 0.1) is 5.82 Å². The second-order valence-electron chi connectivity index (χ2n) is 4.36. The third kappa shape index (κ3) is 6.59. The van der Waals surface area contributed by atoms with Crippen LogP contribution in [0.5, 0.6) is 5.75 Å². The first-order chi connectivity index (χ1) is 9.15. The van der Waals surface area contributed by atoms with Gasteiger partial charge in [0.25, 0.3) is 0 Å². The predicted octanol–water partition coefficient (Wildman–Crippen LogP) is 4.79. The Labute approximate surface area is 127 Å². The topological polar surface area (TPSA) is 21.3 Å². The molecule has 0 atom stereocenters.